The van der Waals surface area contributed by atoms with Gasteiger partial charge in [0, 0.05) is 16.1 Å². The fourth-order valence-electron chi connectivity index (χ4n) is 2.53. The van der Waals surface area contributed by atoms with Gasteiger partial charge >= 0.3 is 18.3 Å². The Labute approximate surface area is 176 Å². The average Bonchev–Trinajstić information content (AvgIpc) is 2.60. The van der Waals surface area contributed by atoms with Crippen LogP contribution in [-0.4, -0.2) is 33.6 Å². The summed E-state index contributed by atoms with van der Waals surface area (Å²) in [6.45, 7) is -3.15. The number of anilines is 1. The molecule has 0 saturated heterocycles. The van der Waals surface area contributed by atoms with Crippen LogP contribution in [0.4, 0.5) is 20.2 Å². The van der Waals surface area contributed by atoms with E-state index in [1.165, 1.54) is 18.2 Å². The van der Waals surface area contributed by atoms with E-state index in [9.17, 15) is 23.7 Å². The molecule has 2 aromatic rings. The Morgan fingerprint density at radius 1 is 1.48 bits per heavy atom. The van der Waals surface area contributed by atoms with E-state index in [2.05, 4.69) is 31.0 Å². The van der Waals surface area contributed by atoms with Gasteiger partial charge in [-0.2, -0.15) is 8.78 Å². The standard InChI is InChI=1S/C16H14BrClF2N4O5/c17-7-2-1-3-12(29-16(19)20)14(7)10(4-8(21)15(25)26)23-9-5-13(18)22-6-11(9)24(27)28/h1-3,5-6,8,10,16H,4,21H2,(H,22,23)(H,25,26). The van der Waals surface area contributed by atoms with Crippen molar-refractivity contribution in [2.45, 2.75) is 25.1 Å². The fraction of sp³-hybridized carbons (Fsp3) is 0.250. The Morgan fingerprint density at radius 2 is 2.17 bits per heavy atom. The normalized spacial score (nSPS) is 13.0. The molecule has 0 spiro atoms. The summed E-state index contributed by atoms with van der Waals surface area (Å²) in [4.78, 5) is 25.4. The predicted molar refractivity (Wildman–Crippen MR) is 103 cm³/mol. The number of nitrogens with one attached hydrogen (secondary N) is 1. The molecule has 13 heteroatoms. The molecule has 9 nitrogen and oxygen atoms in total. The third-order valence-electron chi connectivity index (χ3n) is 3.76. The highest BCUT2D eigenvalue weighted by molar-refractivity contribution is 9.10. The molecular formula is C16H14BrClF2N4O5. The summed E-state index contributed by atoms with van der Waals surface area (Å²) in [5.41, 5.74) is 5.17. The number of nitro groups is 1. The number of nitrogens with zero attached hydrogens (tertiary/aromatic N) is 2. The first-order chi connectivity index (χ1) is 13.6. The number of carboxylic acid groups (broad SMARTS) is 1. The van der Waals surface area contributed by atoms with Crippen molar-refractivity contribution >= 4 is 44.9 Å². The van der Waals surface area contributed by atoms with Crippen molar-refractivity contribution in [3.05, 3.63) is 55.8 Å². The lowest BCUT2D eigenvalue weighted by Crippen LogP contribution is -2.34. The van der Waals surface area contributed by atoms with Crippen LogP contribution >= 0.6 is 27.5 Å². The van der Waals surface area contributed by atoms with Crippen molar-refractivity contribution in [3.63, 3.8) is 0 Å². The molecule has 1 aromatic heterocycles. The lowest BCUT2D eigenvalue weighted by atomic mass is 9.98. The van der Waals surface area contributed by atoms with E-state index < -0.39 is 35.3 Å². The van der Waals surface area contributed by atoms with Crippen molar-refractivity contribution in [2.24, 2.45) is 5.73 Å². The maximum absolute atomic E-state index is 12.8. The Hall–Kier alpha value is -2.57. The Kier molecular flexibility index (Phi) is 7.65. The molecule has 29 heavy (non-hydrogen) atoms. The molecule has 0 radical (unpaired) electrons. The number of alkyl halides is 2. The van der Waals surface area contributed by atoms with Gasteiger partial charge in [-0.05, 0) is 18.6 Å². The van der Waals surface area contributed by atoms with Crippen LogP contribution in [0, 0.1) is 10.1 Å². The van der Waals surface area contributed by atoms with E-state index in [0.717, 1.165) is 12.3 Å². The number of aliphatic carboxylic acids is 1. The average molecular weight is 496 g/mol. The van der Waals surface area contributed by atoms with Crippen LogP contribution in [0.15, 0.2) is 34.9 Å². The molecular weight excluding hydrogens is 482 g/mol. The molecule has 1 heterocycles. The minimum atomic E-state index is -3.15. The minimum Gasteiger partial charge on any atom is -0.480 e. The highest BCUT2D eigenvalue weighted by Gasteiger charge is 2.28. The minimum absolute atomic E-state index is 0.0736. The summed E-state index contributed by atoms with van der Waals surface area (Å²) in [5, 5.41) is 23.1. The number of nitrogens with two attached hydrogens (primary N) is 1. The first kappa shape index (κ1) is 22.7. The molecule has 0 aliphatic rings. The van der Waals surface area contributed by atoms with Crippen LogP contribution in [0.25, 0.3) is 0 Å². The molecule has 0 amide bonds. The topological polar surface area (TPSA) is 141 Å². The van der Waals surface area contributed by atoms with E-state index >= 15 is 0 Å². The molecule has 2 rings (SSSR count). The molecule has 0 saturated carbocycles. The Morgan fingerprint density at radius 3 is 2.76 bits per heavy atom. The molecule has 0 aliphatic heterocycles. The van der Waals surface area contributed by atoms with Gasteiger partial charge in [-0.3, -0.25) is 14.9 Å². The van der Waals surface area contributed by atoms with Gasteiger partial charge in [0.15, 0.2) is 0 Å². The predicted octanol–water partition coefficient (Wildman–Crippen LogP) is 3.96. The molecule has 0 fully saturated rings. The first-order valence-corrected chi connectivity index (χ1v) is 9.05. The lowest BCUT2D eigenvalue weighted by Gasteiger charge is -2.25. The third kappa shape index (κ3) is 5.95. The summed E-state index contributed by atoms with van der Waals surface area (Å²) in [5.74, 6) is -1.60. The maximum atomic E-state index is 12.8. The lowest BCUT2D eigenvalue weighted by molar-refractivity contribution is -0.384. The summed E-state index contributed by atoms with van der Waals surface area (Å²) in [6, 6.07) is 2.89. The Bertz CT molecular complexity index is 921. The summed E-state index contributed by atoms with van der Waals surface area (Å²) in [7, 11) is 0. The second-order valence-corrected chi connectivity index (χ2v) is 6.93. The number of rotatable bonds is 9. The van der Waals surface area contributed by atoms with Crippen LogP contribution in [0.2, 0.25) is 5.15 Å². The summed E-state index contributed by atoms with van der Waals surface area (Å²) in [6.07, 6.45) is 0.601. The van der Waals surface area contributed by atoms with Crippen LogP contribution in [0.1, 0.15) is 18.0 Å². The van der Waals surface area contributed by atoms with E-state index in [4.69, 9.17) is 22.4 Å². The van der Waals surface area contributed by atoms with Crippen molar-refractivity contribution in [1.82, 2.24) is 4.98 Å². The SMILES string of the molecule is NC(CC(Nc1cc(Cl)ncc1[N+](=O)[O-])c1c(Br)cccc1OC(F)F)C(=O)O. The number of halogens is 4. The first-order valence-electron chi connectivity index (χ1n) is 7.88. The zero-order valence-electron chi connectivity index (χ0n) is 14.4. The highest BCUT2D eigenvalue weighted by Crippen LogP contribution is 2.39. The van der Waals surface area contributed by atoms with Crippen molar-refractivity contribution in [1.29, 1.82) is 0 Å². The van der Waals surface area contributed by atoms with E-state index in [1.54, 1.807) is 0 Å². The van der Waals surface area contributed by atoms with Crippen LogP contribution < -0.4 is 15.8 Å². The number of ether oxygens (including phenoxy) is 1. The van der Waals surface area contributed by atoms with Gasteiger partial charge in [-0.25, -0.2) is 4.98 Å². The van der Waals surface area contributed by atoms with Crippen molar-refractivity contribution < 1.29 is 28.3 Å². The van der Waals surface area contributed by atoms with Crippen molar-refractivity contribution in [2.75, 3.05) is 5.32 Å². The van der Waals surface area contributed by atoms with Gasteiger partial charge in [0.25, 0.3) is 0 Å². The monoisotopic (exact) mass is 494 g/mol. The molecule has 0 bridgehead atoms. The molecule has 2 atom stereocenters. The quantitative estimate of drug-likeness (QED) is 0.270. The largest absolute Gasteiger partial charge is 0.480 e. The zero-order valence-corrected chi connectivity index (χ0v) is 16.7. The van der Waals surface area contributed by atoms with Gasteiger partial charge in [-0.15, -0.1) is 0 Å². The zero-order chi connectivity index (χ0) is 21.7. The maximum Gasteiger partial charge on any atom is 0.387 e. The van der Waals surface area contributed by atoms with Gasteiger partial charge in [0.2, 0.25) is 0 Å². The number of carboxylic acids is 1. The number of carbonyl (C=O) groups is 1. The van der Waals surface area contributed by atoms with Crippen LogP contribution in [0.5, 0.6) is 5.75 Å². The second kappa shape index (κ2) is 9.76. The smallest absolute Gasteiger partial charge is 0.387 e. The van der Waals surface area contributed by atoms with Crippen LogP contribution in [0.3, 0.4) is 0 Å². The highest BCUT2D eigenvalue weighted by atomic mass is 79.9. The van der Waals surface area contributed by atoms with E-state index in [1.807, 2.05) is 0 Å². The third-order valence-corrected chi connectivity index (χ3v) is 4.66. The van der Waals surface area contributed by atoms with E-state index in [-0.39, 0.29) is 28.6 Å². The van der Waals surface area contributed by atoms with Gasteiger partial charge in [0.05, 0.1) is 11.0 Å². The number of benzene rings is 1. The van der Waals surface area contributed by atoms with Crippen molar-refractivity contribution in [3.8, 4) is 5.75 Å². The van der Waals surface area contributed by atoms with Gasteiger partial charge in [-0.1, -0.05) is 33.6 Å². The molecule has 156 valence electrons. The fourth-order valence-corrected chi connectivity index (χ4v) is 3.31. The number of aromatic nitrogens is 1. The Balaban J connectivity index is 2.57. The van der Waals surface area contributed by atoms with E-state index in [0.29, 0.717) is 4.47 Å². The van der Waals surface area contributed by atoms with Gasteiger partial charge < -0.3 is 20.9 Å². The second-order valence-electron chi connectivity index (χ2n) is 5.69. The van der Waals surface area contributed by atoms with Gasteiger partial charge in [0.1, 0.15) is 28.8 Å². The number of hydrogen-bond donors (Lipinski definition) is 3. The molecule has 1 aromatic carbocycles. The number of pyridine rings is 1. The number of hydrogen-bond acceptors (Lipinski definition) is 7. The molecule has 0 aliphatic carbocycles. The molecule has 4 N–H and O–H groups in total. The summed E-state index contributed by atoms with van der Waals surface area (Å²) >= 11 is 9.03. The molecule has 2 unspecified atom stereocenters. The van der Waals surface area contributed by atoms with Crippen LogP contribution in [-0.2, 0) is 4.79 Å². The summed E-state index contributed by atoms with van der Waals surface area (Å²) < 4.78 is 30.5.